The summed E-state index contributed by atoms with van der Waals surface area (Å²) >= 11 is 0. The standard InChI is InChI=1S/C7H14N2O2/c1-11-5-4-9-7(10)6-2-3-8-6/h6,8H,2-5H2,1H3,(H,9,10)/t6-/m1/s1. The zero-order chi connectivity index (χ0) is 8.10. The summed E-state index contributed by atoms with van der Waals surface area (Å²) in [6.07, 6.45) is 0.957. The van der Waals surface area contributed by atoms with E-state index in [2.05, 4.69) is 10.6 Å². The molecule has 11 heavy (non-hydrogen) atoms. The van der Waals surface area contributed by atoms with Crippen molar-refractivity contribution in [2.45, 2.75) is 12.5 Å². The fourth-order valence-corrected chi connectivity index (χ4v) is 0.912. The van der Waals surface area contributed by atoms with Gasteiger partial charge in [-0.15, -0.1) is 0 Å². The molecule has 1 rings (SSSR count). The summed E-state index contributed by atoms with van der Waals surface area (Å²) in [6, 6.07) is 0.0480. The Bertz CT molecular complexity index is 134. The Morgan fingerprint density at radius 2 is 2.55 bits per heavy atom. The molecule has 0 bridgehead atoms. The van der Waals surface area contributed by atoms with Crippen LogP contribution in [0.15, 0.2) is 0 Å². The number of hydrogen-bond acceptors (Lipinski definition) is 3. The van der Waals surface area contributed by atoms with E-state index in [9.17, 15) is 4.79 Å². The van der Waals surface area contributed by atoms with Crippen LogP contribution >= 0.6 is 0 Å². The zero-order valence-electron chi connectivity index (χ0n) is 6.72. The largest absolute Gasteiger partial charge is 0.383 e. The first-order valence-corrected chi connectivity index (χ1v) is 3.84. The van der Waals surface area contributed by atoms with Gasteiger partial charge in [-0.25, -0.2) is 0 Å². The molecule has 1 aliphatic rings. The monoisotopic (exact) mass is 158 g/mol. The molecule has 1 fully saturated rings. The highest BCUT2D eigenvalue weighted by Crippen LogP contribution is 2.00. The highest BCUT2D eigenvalue weighted by atomic mass is 16.5. The maximum absolute atomic E-state index is 11.1. The summed E-state index contributed by atoms with van der Waals surface area (Å²) in [4.78, 5) is 11.1. The molecule has 0 aromatic heterocycles. The average molecular weight is 158 g/mol. The second kappa shape index (κ2) is 4.31. The molecule has 1 saturated heterocycles. The van der Waals surface area contributed by atoms with Crippen LogP contribution in [0.4, 0.5) is 0 Å². The highest BCUT2D eigenvalue weighted by Gasteiger charge is 2.23. The Morgan fingerprint density at radius 3 is 3.00 bits per heavy atom. The average Bonchev–Trinajstić information content (AvgIpc) is 1.84. The van der Waals surface area contributed by atoms with Crippen molar-refractivity contribution in [2.75, 3.05) is 26.8 Å². The van der Waals surface area contributed by atoms with Crippen LogP contribution in [0.1, 0.15) is 6.42 Å². The van der Waals surface area contributed by atoms with Gasteiger partial charge in [-0.1, -0.05) is 0 Å². The smallest absolute Gasteiger partial charge is 0.237 e. The SMILES string of the molecule is COCCNC(=O)[C@H]1CCN1. The quantitative estimate of drug-likeness (QED) is 0.522. The molecule has 64 valence electrons. The first kappa shape index (κ1) is 8.49. The number of hydrogen-bond donors (Lipinski definition) is 2. The lowest BCUT2D eigenvalue weighted by Gasteiger charge is -2.26. The highest BCUT2D eigenvalue weighted by molar-refractivity contribution is 5.82. The molecule has 0 aromatic carbocycles. The topological polar surface area (TPSA) is 50.4 Å². The van der Waals surface area contributed by atoms with Gasteiger partial charge < -0.3 is 15.4 Å². The Morgan fingerprint density at radius 1 is 1.82 bits per heavy atom. The maximum atomic E-state index is 11.1. The van der Waals surface area contributed by atoms with Gasteiger partial charge in [-0.2, -0.15) is 0 Å². The minimum atomic E-state index is 0.0480. The number of ether oxygens (including phenoxy) is 1. The maximum Gasteiger partial charge on any atom is 0.237 e. The fourth-order valence-electron chi connectivity index (χ4n) is 0.912. The molecular weight excluding hydrogens is 144 g/mol. The first-order chi connectivity index (χ1) is 5.34. The number of methoxy groups -OCH3 is 1. The molecule has 0 unspecified atom stereocenters. The van der Waals surface area contributed by atoms with E-state index in [1.165, 1.54) is 0 Å². The third-order valence-corrected chi connectivity index (χ3v) is 1.75. The van der Waals surface area contributed by atoms with Gasteiger partial charge in [-0.3, -0.25) is 4.79 Å². The van der Waals surface area contributed by atoms with Gasteiger partial charge in [0.05, 0.1) is 12.6 Å². The van der Waals surface area contributed by atoms with Gasteiger partial charge >= 0.3 is 0 Å². The van der Waals surface area contributed by atoms with Crippen LogP contribution in [0.2, 0.25) is 0 Å². The lowest BCUT2D eigenvalue weighted by Crippen LogP contribution is -2.53. The van der Waals surface area contributed by atoms with Crippen molar-refractivity contribution < 1.29 is 9.53 Å². The van der Waals surface area contributed by atoms with Crippen molar-refractivity contribution in [1.29, 1.82) is 0 Å². The summed E-state index contributed by atoms with van der Waals surface area (Å²) in [5.41, 5.74) is 0. The number of carbonyl (C=O) groups is 1. The lowest BCUT2D eigenvalue weighted by molar-refractivity contribution is -0.124. The van der Waals surface area contributed by atoms with Crippen LogP contribution in [-0.4, -0.2) is 38.8 Å². The number of carbonyl (C=O) groups excluding carboxylic acids is 1. The van der Waals surface area contributed by atoms with Crippen LogP contribution in [-0.2, 0) is 9.53 Å². The van der Waals surface area contributed by atoms with Gasteiger partial charge in [0, 0.05) is 13.7 Å². The molecule has 4 nitrogen and oxygen atoms in total. The number of amides is 1. The molecule has 1 amide bonds. The van der Waals surface area contributed by atoms with E-state index >= 15 is 0 Å². The van der Waals surface area contributed by atoms with Crippen molar-refractivity contribution in [3.63, 3.8) is 0 Å². The van der Waals surface area contributed by atoms with Crippen LogP contribution in [0.25, 0.3) is 0 Å². The summed E-state index contributed by atoms with van der Waals surface area (Å²) in [7, 11) is 1.62. The molecule has 0 saturated carbocycles. The fraction of sp³-hybridized carbons (Fsp3) is 0.857. The lowest BCUT2D eigenvalue weighted by atomic mass is 10.1. The molecule has 1 atom stereocenters. The summed E-state index contributed by atoms with van der Waals surface area (Å²) in [6.45, 7) is 2.15. The van der Waals surface area contributed by atoms with E-state index in [0.29, 0.717) is 13.2 Å². The van der Waals surface area contributed by atoms with E-state index < -0.39 is 0 Å². The van der Waals surface area contributed by atoms with E-state index in [1.54, 1.807) is 7.11 Å². The second-order valence-electron chi connectivity index (χ2n) is 2.58. The van der Waals surface area contributed by atoms with Gasteiger partial charge in [0.1, 0.15) is 0 Å². The molecule has 4 heteroatoms. The molecule has 0 aromatic rings. The van der Waals surface area contributed by atoms with Gasteiger partial charge in [0.25, 0.3) is 0 Å². The normalized spacial score (nSPS) is 22.5. The predicted molar refractivity (Wildman–Crippen MR) is 41.3 cm³/mol. The van der Waals surface area contributed by atoms with Crippen LogP contribution < -0.4 is 10.6 Å². The minimum Gasteiger partial charge on any atom is -0.383 e. The second-order valence-corrected chi connectivity index (χ2v) is 2.58. The first-order valence-electron chi connectivity index (χ1n) is 3.84. The third kappa shape index (κ3) is 2.48. The van der Waals surface area contributed by atoms with Crippen molar-refractivity contribution in [1.82, 2.24) is 10.6 Å². The van der Waals surface area contributed by atoms with Crippen molar-refractivity contribution >= 4 is 5.91 Å². The summed E-state index contributed by atoms with van der Waals surface area (Å²) in [5.74, 6) is 0.0910. The van der Waals surface area contributed by atoms with E-state index in [4.69, 9.17) is 4.74 Å². The van der Waals surface area contributed by atoms with Gasteiger partial charge in [0.15, 0.2) is 0 Å². The Kier molecular flexibility index (Phi) is 3.32. The Hall–Kier alpha value is -0.610. The Labute approximate surface area is 66.3 Å². The molecule has 1 aliphatic heterocycles. The van der Waals surface area contributed by atoms with Crippen LogP contribution in [0.3, 0.4) is 0 Å². The molecule has 0 radical (unpaired) electrons. The summed E-state index contributed by atoms with van der Waals surface area (Å²) < 4.78 is 4.79. The number of rotatable bonds is 4. The number of nitrogens with one attached hydrogen (secondary N) is 2. The molecular formula is C7H14N2O2. The predicted octanol–water partition coefficient (Wildman–Crippen LogP) is -0.889. The minimum absolute atomic E-state index is 0.0480. The van der Waals surface area contributed by atoms with Crippen molar-refractivity contribution in [3.05, 3.63) is 0 Å². The summed E-state index contributed by atoms with van der Waals surface area (Å²) in [5, 5.41) is 5.78. The Balaban J connectivity index is 2.01. The zero-order valence-corrected chi connectivity index (χ0v) is 6.72. The van der Waals surface area contributed by atoms with Crippen molar-refractivity contribution in [2.24, 2.45) is 0 Å². The molecule has 0 spiro atoms. The van der Waals surface area contributed by atoms with Crippen molar-refractivity contribution in [3.8, 4) is 0 Å². The van der Waals surface area contributed by atoms with Gasteiger partial charge in [-0.05, 0) is 13.0 Å². The van der Waals surface area contributed by atoms with E-state index in [0.717, 1.165) is 13.0 Å². The van der Waals surface area contributed by atoms with Gasteiger partial charge in [0.2, 0.25) is 5.91 Å². The third-order valence-electron chi connectivity index (χ3n) is 1.75. The molecule has 0 aliphatic carbocycles. The van der Waals surface area contributed by atoms with Crippen LogP contribution in [0, 0.1) is 0 Å². The van der Waals surface area contributed by atoms with Crippen LogP contribution in [0.5, 0.6) is 0 Å². The van der Waals surface area contributed by atoms with E-state index in [1.807, 2.05) is 0 Å². The molecule has 2 N–H and O–H groups in total. The molecule has 1 heterocycles. The van der Waals surface area contributed by atoms with E-state index in [-0.39, 0.29) is 11.9 Å².